The lowest BCUT2D eigenvalue weighted by molar-refractivity contribution is 0.0194. The van der Waals surface area contributed by atoms with Crippen molar-refractivity contribution in [3.05, 3.63) is 34.7 Å². The summed E-state index contributed by atoms with van der Waals surface area (Å²) in [7, 11) is 3.89. The first kappa shape index (κ1) is 16.2. The molecule has 0 spiro atoms. The molecule has 3 rings (SSSR count). The molecule has 0 saturated carbocycles. The molecular weight excluding hydrogens is 310 g/mol. The van der Waals surface area contributed by atoms with Crippen molar-refractivity contribution in [1.29, 1.82) is 0 Å². The average molecular weight is 333 g/mol. The number of rotatable bonds is 6. The van der Waals surface area contributed by atoms with Gasteiger partial charge in [0.2, 0.25) is 5.95 Å². The second-order valence-electron chi connectivity index (χ2n) is 5.70. The van der Waals surface area contributed by atoms with E-state index in [1.807, 2.05) is 25.1 Å². The summed E-state index contributed by atoms with van der Waals surface area (Å²) in [5, 5.41) is 5.61. The van der Waals surface area contributed by atoms with E-state index in [4.69, 9.17) is 4.74 Å². The highest BCUT2D eigenvalue weighted by atomic mass is 32.1. The summed E-state index contributed by atoms with van der Waals surface area (Å²) in [5.41, 5.74) is 0. The lowest BCUT2D eigenvalue weighted by atomic mass is 10.2. The van der Waals surface area contributed by atoms with Crippen molar-refractivity contribution in [1.82, 2.24) is 14.9 Å². The maximum Gasteiger partial charge on any atom is 0.226 e. The molecule has 124 valence electrons. The van der Waals surface area contributed by atoms with Gasteiger partial charge in [-0.3, -0.25) is 4.90 Å². The fourth-order valence-electron chi connectivity index (χ4n) is 2.64. The van der Waals surface area contributed by atoms with Gasteiger partial charge >= 0.3 is 0 Å². The molecular formula is C16H23N5OS. The summed E-state index contributed by atoms with van der Waals surface area (Å²) in [6, 6.07) is 6.58. The number of anilines is 2. The van der Waals surface area contributed by atoms with Crippen LogP contribution in [0.5, 0.6) is 0 Å². The SMILES string of the molecule is CN(C)c1nccc(NCC(c2cccs2)N2CCOCC2)n1. The van der Waals surface area contributed by atoms with Crippen molar-refractivity contribution in [3.8, 4) is 0 Å². The van der Waals surface area contributed by atoms with E-state index >= 15 is 0 Å². The third kappa shape index (κ3) is 4.19. The van der Waals surface area contributed by atoms with Gasteiger partial charge in [0.25, 0.3) is 0 Å². The lowest BCUT2D eigenvalue weighted by Gasteiger charge is -2.34. The fraction of sp³-hybridized carbons (Fsp3) is 0.500. The molecule has 1 aliphatic rings. The Kier molecular flexibility index (Phi) is 5.43. The van der Waals surface area contributed by atoms with Crippen molar-refractivity contribution < 1.29 is 4.74 Å². The number of thiophene rings is 1. The smallest absolute Gasteiger partial charge is 0.226 e. The van der Waals surface area contributed by atoms with Crippen LogP contribution in [0.4, 0.5) is 11.8 Å². The number of hydrogen-bond donors (Lipinski definition) is 1. The molecule has 1 aliphatic heterocycles. The van der Waals surface area contributed by atoms with Crippen molar-refractivity contribution >= 4 is 23.1 Å². The van der Waals surface area contributed by atoms with Gasteiger partial charge in [0.15, 0.2) is 0 Å². The van der Waals surface area contributed by atoms with Crippen molar-refractivity contribution in [2.75, 3.05) is 57.2 Å². The van der Waals surface area contributed by atoms with Crippen LogP contribution < -0.4 is 10.2 Å². The number of nitrogens with zero attached hydrogens (tertiary/aromatic N) is 4. The molecule has 3 heterocycles. The minimum atomic E-state index is 0.344. The van der Waals surface area contributed by atoms with Crippen LogP contribution in [-0.2, 0) is 4.74 Å². The Bertz CT molecular complexity index is 598. The van der Waals surface area contributed by atoms with Gasteiger partial charge in [-0.05, 0) is 17.5 Å². The average Bonchev–Trinajstić information content (AvgIpc) is 3.11. The zero-order valence-corrected chi connectivity index (χ0v) is 14.4. The summed E-state index contributed by atoms with van der Waals surface area (Å²) in [6.45, 7) is 4.37. The van der Waals surface area contributed by atoms with Crippen molar-refractivity contribution in [3.63, 3.8) is 0 Å². The standard InChI is InChI=1S/C16H23N5OS/c1-20(2)16-17-6-5-15(19-16)18-12-13(14-4-3-11-23-14)21-7-9-22-10-8-21/h3-6,11,13H,7-10,12H2,1-2H3,(H,17,18,19). The Morgan fingerprint density at radius 1 is 1.35 bits per heavy atom. The molecule has 0 amide bonds. The molecule has 6 nitrogen and oxygen atoms in total. The predicted octanol–water partition coefficient (Wildman–Crippen LogP) is 2.09. The summed E-state index contributed by atoms with van der Waals surface area (Å²) < 4.78 is 5.49. The molecule has 7 heteroatoms. The highest BCUT2D eigenvalue weighted by molar-refractivity contribution is 7.10. The first-order valence-corrected chi connectivity index (χ1v) is 8.71. The number of nitrogens with one attached hydrogen (secondary N) is 1. The van der Waals surface area contributed by atoms with Gasteiger partial charge in [0.05, 0.1) is 19.3 Å². The predicted molar refractivity (Wildman–Crippen MR) is 94.3 cm³/mol. The van der Waals surface area contributed by atoms with Gasteiger partial charge in [-0.1, -0.05) is 6.07 Å². The third-order valence-electron chi connectivity index (χ3n) is 3.88. The molecule has 1 fully saturated rings. The van der Waals surface area contributed by atoms with Gasteiger partial charge in [-0.25, -0.2) is 4.98 Å². The largest absolute Gasteiger partial charge is 0.379 e. The molecule has 1 N–H and O–H groups in total. The Labute approximate surface area is 141 Å². The summed E-state index contributed by atoms with van der Waals surface area (Å²) >= 11 is 1.80. The molecule has 0 radical (unpaired) electrons. The van der Waals surface area contributed by atoms with Gasteiger partial charge < -0.3 is 15.0 Å². The molecule has 0 bridgehead atoms. The summed E-state index contributed by atoms with van der Waals surface area (Å²) in [6.07, 6.45) is 1.79. The normalized spacial score (nSPS) is 17.0. The van der Waals surface area contributed by atoms with Gasteiger partial charge in [-0.2, -0.15) is 4.98 Å². The number of morpholine rings is 1. The van der Waals surface area contributed by atoms with E-state index in [2.05, 4.69) is 37.7 Å². The maximum atomic E-state index is 5.49. The van der Waals surface area contributed by atoms with Gasteiger partial charge in [0, 0.05) is 44.8 Å². The molecule has 2 aromatic heterocycles. The molecule has 1 saturated heterocycles. The van der Waals surface area contributed by atoms with E-state index in [-0.39, 0.29) is 0 Å². The van der Waals surface area contributed by atoms with Crippen LogP contribution in [0.3, 0.4) is 0 Å². The second-order valence-corrected chi connectivity index (χ2v) is 6.68. The van der Waals surface area contributed by atoms with Crippen molar-refractivity contribution in [2.24, 2.45) is 0 Å². The third-order valence-corrected chi connectivity index (χ3v) is 4.85. The second kappa shape index (κ2) is 7.72. The first-order valence-electron chi connectivity index (χ1n) is 7.83. The first-order chi connectivity index (χ1) is 11.2. The minimum Gasteiger partial charge on any atom is -0.379 e. The van der Waals surface area contributed by atoms with Crippen LogP contribution >= 0.6 is 11.3 Å². The van der Waals surface area contributed by atoms with Crippen LogP contribution in [0, 0.1) is 0 Å². The lowest BCUT2D eigenvalue weighted by Crippen LogP contribution is -2.41. The van der Waals surface area contributed by atoms with Gasteiger partial charge in [-0.15, -0.1) is 11.3 Å². The Balaban J connectivity index is 1.70. The van der Waals surface area contributed by atoms with Crippen LogP contribution in [0.25, 0.3) is 0 Å². The van der Waals surface area contributed by atoms with E-state index in [0.717, 1.165) is 38.7 Å². The topological polar surface area (TPSA) is 53.5 Å². The van der Waals surface area contributed by atoms with E-state index in [1.165, 1.54) is 4.88 Å². The van der Waals surface area contributed by atoms with E-state index < -0.39 is 0 Å². The number of ether oxygens (including phenoxy) is 1. The highest BCUT2D eigenvalue weighted by Gasteiger charge is 2.23. The summed E-state index contributed by atoms with van der Waals surface area (Å²) in [4.78, 5) is 14.6. The number of aromatic nitrogens is 2. The van der Waals surface area contributed by atoms with Gasteiger partial charge in [0.1, 0.15) is 5.82 Å². The van der Waals surface area contributed by atoms with Crippen molar-refractivity contribution in [2.45, 2.75) is 6.04 Å². The maximum absolute atomic E-state index is 5.49. The van der Waals surface area contributed by atoms with Crippen LogP contribution in [0.15, 0.2) is 29.8 Å². The molecule has 0 aromatic carbocycles. The Morgan fingerprint density at radius 3 is 2.87 bits per heavy atom. The minimum absolute atomic E-state index is 0.344. The van der Waals surface area contributed by atoms with Crippen LogP contribution in [0.2, 0.25) is 0 Å². The Morgan fingerprint density at radius 2 is 2.17 bits per heavy atom. The molecule has 1 atom stereocenters. The molecule has 0 aliphatic carbocycles. The summed E-state index contributed by atoms with van der Waals surface area (Å²) in [5.74, 6) is 1.58. The zero-order chi connectivity index (χ0) is 16.1. The molecule has 2 aromatic rings. The van der Waals surface area contributed by atoms with E-state index in [1.54, 1.807) is 17.5 Å². The molecule has 23 heavy (non-hydrogen) atoms. The molecule has 1 unspecified atom stereocenters. The number of hydrogen-bond acceptors (Lipinski definition) is 7. The monoisotopic (exact) mass is 333 g/mol. The zero-order valence-electron chi connectivity index (χ0n) is 13.6. The van der Waals surface area contributed by atoms with Crippen LogP contribution in [0.1, 0.15) is 10.9 Å². The Hall–Kier alpha value is -1.70. The van der Waals surface area contributed by atoms with E-state index in [0.29, 0.717) is 12.0 Å². The quantitative estimate of drug-likeness (QED) is 0.874. The highest BCUT2D eigenvalue weighted by Crippen LogP contribution is 2.26. The van der Waals surface area contributed by atoms with Crippen LogP contribution in [-0.4, -0.2) is 61.8 Å². The fourth-order valence-corrected chi connectivity index (χ4v) is 3.50. The van der Waals surface area contributed by atoms with E-state index in [9.17, 15) is 0 Å².